The standard InChI is InChI=1S/C11H6ClFO3/c12-8-4-10(15)7(3-9(8)13)11-2-1-6(5-14)16-11/h1-5,15H. The van der Waals surface area contributed by atoms with Gasteiger partial charge in [0.05, 0.1) is 10.6 Å². The van der Waals surface area contributed by atoms with Crippen LogP contribution in [0.25, 0.3) is 11.3 Å². The molecule has 0 saturated heterocycles. The molecular formula is C11H6ClFO3. The van der Waals surface area contributed by atoms with Gasteiger partial charge in [-0.1, -0.05) is 11.6 Å². The fraction of sp³-hybridized carbons (Fsp3) is 0. The summed E-state index contributed by atoms with van der Waals surface area (Å²) in [4.78, 5) is 10.4. The van der Waals surface area contributed by atoms with Crippen molar-refractivity contribution in [1.82, 2.24) is 0 Å². The quantitative estimate of drug-likeness (QED) is 0.820. The Bertz CT molecular complexity index is 548. The minimum atomic E-state index is -0.668. The summed E-state index contributed by atoms with van der Waals surface area (Å²) in [6.45, 7) is 0. The number of furan rings is 1. The number of aldehydes is 1. The first-order valence-electron chi connectivity index (χ1n) is 4.35. The van der Waals surface area contributed by atoms with Gasteiger partial charge in [-0.25, -0.2) is 4.39 Å². The van der Waals surface area contributed by atoms with Crippen LogP contribution in [0.5, 0.6) is 5.75 Å². The Balaban J connectivity index is 2.55. The summed E-state index contributed by atoms with van der Waals surface area (Å²) in [5.74, 6) is -0.573. The molecule has 1 N–H and O–H groups in total. The Morgan fingerprint density at radius 1 is 1.38 bits per heavy atom. The Morgan fingerprint density at radius 3 is 2.75 bits per heavy atom. The molecule has 0 aliphatic heterocycles. The molecular weight excluding hydrogens is 235 g/mol. The molecule has 16 heavy (non-hydrogen) atoms. The van der Waals surface area contributed by atoms with E-state index in [1.807, 2.05) is 0 Å². The summed E-state index contributed by atoms with van der Waals surface area (Å²) in [5.41, 5.74) is 0.148. The van der Waals surface area contributed by atoms with E-state index in [0.29, 0.717) is 6.29 Å². The second-order valence-electron chi connectivity index (χ2n) is 3.10. The third-order valence-corrected chi connectivity index (χ3v) is 2.34. The van der Waals surface area contributed by atoms with Crippen LogP contribution in [-0.2, 0) is 0 Å². The van der Waals surface area contributed by atoms with Crippen LogP contribution in [0, 0.1) is 5.82 Å². The predicted octanol–water partition coefficient (Wildman–Crippen LogP) is 3.26. The van der Waals surface area contributed by atoms with Crippen molar-refractivity contribution >= 4 is 17.9 Å². The van der Waals surface area contributed by atoms with E-state index >= 15 is 0 Å². The molecule has 1 heterocycles. The maximum Gasteiger partial charge on any atom is 0.185 e. The summed E-state index contributed by atoms with van der Waals surface area (Å²) in [6, 6.07) is 5.01. The molecule has 82 valence electrons. The van der Waals surface area contributed by atoms with Gasteiger partial charge in [-0.3, -0.25) is 4.79 Å². The normalized spacial score (nSPS) is 10.4. The molecule has 1 aromatic carbocycles. The number of carbonyl (C=O) groups is 1. The Morgan fingerprint density at radius 2 is 2.12 bits per heavy atom. The van der Waals surface area contributed by atoms with Gasteiger partial charge in [-0.15, -0.1) is 0 Å². The maximum atomic E-state index is 13.2. The van der Waals surface area contributed by atoms with Crippen LogP contribution in [0.15, 0.2) is 28.7 Å². The number of aromatic hydroxyl groups is 1. The van der Waals surface area contributed by atoms with E-state index in [9.17, 15) is 14.3 Å². The molecule has 0 saturated carbocycles. The molecule has 0 amide bonds. The summed E-state index contributed by atoms with van der Waals surface area (Å²) in [5, 5.41) is 9.37. The first-order chi connectivity index (χ1) is 7.61. The van der Waals surface area contributed by atoms with Crippen LogP contribution < -0.4 is 0 Å². The molecule has 5 heteroatoms. The lowest BCUT2D eigenvalue weighted by molar-refractivity contribution is 0.110. The number of carbonyl (C=O) groups excluding carboxylic acids is 1. The number of phenolic OH excluding ortho intramolecular Hbond substituents is 1. The van der Waals surface area contributed by atoms with Crippen molar-refractivity contribution in [3.05, 3.63) is 40.9 Å². The zero-order valence-electron chi connectivity index (χ0n) is 7.91. The molecule has 0 aliphatic carbocycles. The fourth-order valence-corrected chi connectivity index (χ4v) is 1.45. The lowest BCUT2D eigenvalue weighted by Gasteiger charge is -2.02. The monoisotopic (exact) mass is 240 g/mol. The third kappa shape index (κ3) is 1.79. The van der Waals surface area contributed by atoms with Crippen molar-refractivity contribution < 1.29 is 18.7 Å². The fourth-order valence-electron chi connectivity index (χ4n) is 1.29. The molecule has 0 radical (unpaired) electrons. The van der Waals surface area contributed by atoms with Crippen LogP contribution >= 0.6 is 11.6 Å². The summed E-state index contributed by atoms with van der Waals surface area (Å²) in [7, 11) is 0. The average Bonchev–Trinajstić information content (AvgIpc) is 2.71. The SMILES string of the molecule is O=Cc1ccc(-c2cc(F)c(Cl)cc2O)o1. The smallest absolute Gasteiger partial charge is 0.185 e. The van der Waals surface area contributed by atoms with Gasteiger partial charge in [-0.05, 0) is 18.2 Å². The van der Waals surface area contributed by atoms with E-state index in [1.165, 1.54) is 12.1 Å². The molecule has 2 rings (SSSR count). The van der Waals surface area contributed by atoms with Gasteiger partial charge < -0.3 is 9.52 Å². The molecule has 3 nitrogen and oxygen atoms in total. The van der Waals surface area contributed by atoms with Crippen molar-refractivity contribution in [2.75, 3.05) is 0 Å². The lowest BCUT2D eigenvalue weighted by Crippen LogP contribution is -1.82. The van der Waals surface area contributed by atoms with E-state index in [1.54, 1.807) is 0 Å². The number of phenols is 1. The van der Waals surface area contributed by atoms with Crippen molar-refractivity contribution in [1.29, 1.82) is 0 Å². The van der Waals surface area contributed by atoms with Gasteiger partial charge in [0.25, 0.3) is 0 Å². The second-order valence-corrected chi connectivity index (χ2v) is 3.51. The number of benzene rings is 1. The molecule has 2 aromatic rings. The van der Waals surface area contributed by atoms with Gasteiger partial charge in [-0.2, -0.15) is 0 Å². The van der Waals surface area contributed by atoms with Crippen molar-refractivity contribution in [3.63, 3.8) is 0 Å². The van der Waals surface area contributed by atoms with Gasteiger partial charge >= 0.3 is 0 Å². The van der Waals surface area contributed by atoms with Gasteiger partial charge in [0.1, 0.15) is 17.3 Å². The zero-order chi connectivity index (χ0) is 11.7. The summed E-state index contributed by atoms with van der Waals surface area (Å²) >= 11 is 5.48. The van der Waals surface area contributed by atoms with E-state index in [-0.39, 0.29) is 27.9 Å². The van der Waals surface area contributed by atoms with Crippen LogP contribution in [0.1, 0.15) is 10.6 Å². The third-order valence-electron chi connectivity index (χ3n) is 2.05. The van der Waals surface area contributed by atoms with Crippen LogP contribution in [0.3, 0.4) is 0 Å². The summed E-state index contributed by atoms with van der Waals surface area (Å²) < 4.78 is 18.2. The highest BCUT2D eigenvalue weighted by atomic mass is 35.5. The predicted molar refractivity (Wildman–Crippen MR) is 56.2 cm³/mol. The molecule has 0 fully saturated rings. The van der Waals surface area contributed by atoms with Crippen molar-refractivity contribution in [2.45, 2.75) is 0 Å². The Hall–Kier alpha value is -1.81. The van der Waals surface area contributed by atoms with E-state index in [0.717, 1.165) is 12.1 Å². The molecule has 0 spiro atoms. The number of hydrogen-bond donors (Lipinski definition) is 1. The average molecular weight is 241 g/mol. The molecule has 0 unspecified atom stereocenters. The molecule has 0 aliphatic rings. The van der Waals surface area contributed by atoms with E-state index < -0.39 is 5.82 Å². The zero-order valence-corrected chi connectivity index (χ0v) is 8.66. The van der Waals surface area contributed by atoms with Crippen LogP contribution in [0.4, 0.5) is 4.39 Å². The lowest BCUT2D eigenvalue weighted by atomic mass is 10.1. The Labute approximate surface area is 95.1 Å². The molecule has 1 aromatic heterocycles. The van der Waals surface area contributed by atoms with E-state index in [2.05, 4.69) is 0 Å². The van der Waals surface area contributed by atoms with Crippen molar-refractivity contribution in [2.24, 2.45) is 0 Å². The first kappa shape index (κ1) is 10.7. The number of halogens is 2. The number of hydrogen-bond acceptors (Lipinski definition) is 3. The van der Waals surface area contributed by atoms with Gasteiger partial charge in [0.15, 0.2) is 12.0 Å². The topological polar surface area (TPSA) is 50.4 Å². The highest BCUT2D eigenvalue weighted by Crippen LogP contribution is 2.34. The van der Waals surface area contributed by atoms with Crippen LogP contribution in [0.2, 0.25) is 5.02 Å². The molecule has 0 atom stereocenters. The van der Waals surface area contributed by atoms with Gasteiger partial charge in [0.2, 0.25) is 0 Å². The highest BCUT2D eigenvalue weighted by molar-refractivity contribution is 6.31. The highest BCUT2D eigenvalue weighted by Gasteiger charge is 2.12. The minimum Gasteiger partial charge on any atom is -0.507 e. The number of rotatable bonds is 2. The molecule has 0 bridgehead atoms. The van der Waals surface area contributed by atoms with Crippen LogP contribution in [-0.4, -0.2) is 11.4 Å². The Kier molecular flexibility index (Phi) is 2.66. The largest absolute Gasteiger partial charge is 0.507 e. The minimum absolute atomic E-state index is 0.102. The maximum absolute atomic E-state index is 13.2. The first-order valence-corrected chi connectivity index (χ1v) is 4.73. The second kappa shape index (κ2) is 3.98. The summed E-state index contributed by atoms with van der Waals surface area (Å²) in [6.07, 6.45) is 0.521. The van der Waals surface area contributed by atoms with E-state index in [4.69, 9.17) is 16.0 Å². The van der Waals surface area contributed by atoms with Gasteiger partial charge in [0, 0.05) is 6.07 Å². The van der Waals surface area contributed by atoms with Crippen molar-refractivity contribution in [3.8, 4) is 17.1 Å².